The van der Waals surface area contributed by atoms with E-state index in [1.54, 1.807) is 0 Å². The third kappa shape index (κ3) is 4.20. The molecule has 1 amide bonds. The van der Waals surface area contributed by atoms with Crippen molar-refractivity contribution in [2.75, 3.05) is 32.0 Å². The Morgan fingerprint density at radius 2 is 2.20 bits per heavy atom. The van der Waals surface area contributed by atoms with Crippen LogP contribution in [0.4, 0.5) is 5.69 Å². The number of aryl methyl sites for hydroxylation is 1. The summed E-state index contributed by atoms with van der Waals surface area (Å²) >= 11 is 0. The number of rotatable bonds is 4. The molecule has 112 valence electrons. The largest absolute Gasteiger partial charge is 0.325 e. The summed E-state index contributed by atoms with van der Waals surface area (Å²) in [5, 5.41) is 6.32. The molecule has 0 radical (unpaired) electrons. The summed E-state index contributed by atoms with van der Waals surface area (Å²) in [6.07, 6.45) is 1.12. The molecule has 20 heavy (non-hydrogen) atoms. The number of anilines is 1. The molecule has 2 rings (SSSR count). The Balaban J connectivity index is 0.00000200. The fourth-order valence-electron chi connectivity index (χ4n) is 2.45. The van der Waals surface area contributed by atoms with Crippen molar-refractivity contribution in [1.82, 2.24) is 10.2 Å². The first kappa shape index (κ1) is 17.0. The molecule has 1 aliphatic rings. The van der Waals surface area contributed by atoms with Crippen molar-refractivity contribution in [2.45, 2.75) is 26.3 Å². The first-order valence-corrected chi connectivity index (χ1v) is 6.85. The van der Waals surface area contributed by atoms with E-state index in [2.05, 4.69) is 28.5 Å². The number of benzene rings is 1. The summed E-state index contributed by atoms with van der Waals surface area (Å²) in [6, 6.07) is 6.46. The maximum absolute atomic E-state index is 12.1. The molecule has 0 aliphatic carbocycles. The molecule has 5 heteroatoms. The van der Waals surface area contributed by atoms with E-state index >= 15 is 0 Å². The van der Waals surface area contributed by atoms with Gasteiger partial charge in [-0.15, -0.1) is 12.4 Å². The highest BCUT2D eigenvalue weighted by molar-refractivity contribution is 5.93. The van der Waals surface area contributed by atoms with Gasteiger partial charge in [0.15, 0.2) is 0 Å². The number of likely N-dealkylation sites (N-methyl/N-ethyl adjacent to an activating group) is 1. The smallest absolute Gasteiger partial charge is 0.238 e. The van der Waals surface area contributed by atoms with Gasteiger partial charge in [0.05, 0.1) is 6.54 Å². The highest BCUT2D eigenvalue weighted by atomic mass is 35.5. The average molecular weight is 298 g/mol. The summed E-state index contributed by atoms with van der Waals surface area (Å²) in [5.74, 6) is 0.0584. The van der Waals surface area contributed by atoms with Crippen LogP contribution in [0.2, 0.25) is 0 Å². The monoisotopic (exact) mass is 297 g/mol. The first-order chi connectivity index (χ1) is 9.08. The molecule has 1 fully saturated rings. The van der Waals surface area contributed by atoms with Crippen LogP contribution in [0.25, 0.3) is 0 Å². The van der Waals surface area contributed by atoms with E-state index < -0.39 is 0 Å². The Kier molecular flexibility index (Phi) is 6.46. The van der Waals surface area contributed by atoms with Crippen LogP contribution >= 0.6 is 12.4 Å². The molecule has 1 aromatic carbocycles. The quantitative estimate of drug-likeness (QED) is 0.893. The van der Waals surface area contributed by atoms with Gasteiger partial charge in [0.2, 0.25) is 5.91 Å². The molecule has 1 saturated heterocycles. The predicted molar refractivity (Wildman–Crippen MR) is 85.7 cm³/mol. The van der Waals surface area contributed by atoms with Crippen LogP contribution in [-0.4, -0.2) is 43.5 Å². The Labute approximate surface area is 127 Å². The fraction of sp³-hybridized carbons (Fsp3) is 0.533. The lowest BCUT2D eigenvalue weighted by Crippen LogP contribution is -2.39. The van der Waals surface area contributed by atoms with E-state index in [0.717, 1.165) is 30.8 Å². The Morgan fingerprint density at radius 1 is 1.45 bits per heavy atom. The van der Waals surface area contributed by atoms with Gasteiger partial charge in [-0.25, -0.2) is 0 Å². The van der Waals surface area contributed by atoms with Gasteiger partial charge in [0.25, 0.3) is 0 Å². The van der Waals surface area contributed by atoms with Crippen LogP contribution in [0.1, 0.15) is 17.5 Å². The zero-order valence-corrected chi connectivity index (χ0v) is 13.2. The lowest BCUT2D eigenvalue weighted by Gasteiger charge is -2.23. The van der Waals surface area contributed by atoms with Crippen LogP contribution in [0, 0.1) is 13.8 Å². The number of nitrogens with one attached hydrogen (secondary N) is 2. The fourth-order valence-corrected chi connectivity index (χ4v) is 2.45. The Bertz CT molecular complexity index is 458. The van der Waals surface area contributed by atoms with Crippen molar-refractivity contribution >= 4 is 24.0 Å². The van der Waals surface area contributed by atoms with E-state index in [-0.39, 0.29) is 18.3 Å². The Morgan fingerprint density at radius 3 is 2.85 bits per heavy atom. The summed E-state index contributed by atoms with van der Waals surface area (Å²) in [7, 11) is 2.01. The Hall–Kier alpha value is -1.10. The number of carbonyl (C=O) groups is 1. The highest BCUT2D eigenvalue weighted by Gasteiger charge is 2.20. The third-order valence-electron chi connectivity index (χ3n) is 3.93. The number of amides is 1. The van der Waals surface area contributed by atoms with Gasteiger partial charge in [-0.2, -0.15) is 0 Å². The second kappa shape index (κ2) is 7.62. The summed E-state index contributed by atoms with van der Waals surface area (Å²) in [4.78, 5) is 14.2. The molecule has 0 bridgehead atoms. The summed E-state index contributed by atoms with van der Waals surface area (Å²) < 4.78 is 0. The molecule has 2 N–H and O–H groups in total. The molecule has 0 spiro atoms. The zero-order chi connectivity index (χ0) is 13.8. The number of carbonyl (C=O) groups excluding carboxylic acids is 1. The number of halogens is 1. The maximum Gasteiger partial charge on any atom is 0.238 e. The van der Waals surface area contributed by atoms with Crippen molar-refractivity contribution in [1.29, 1.82) is 0 Å². The summed E-state index contributed by atoms with van der Waals surface area (Å²) in [6.45, 7) is 6.57. The molecule has 1 heterocycles. The van der Waals surface area contributed by atoms with Gasteiger partial charge in [-0.1, -0.05) is 12.1 Å². The van der Waals surface area contributed by atoms with Gasteiger partial charge >= 0.3 is 0 Å². The van der Waals surface area contributed by atoms with Crippen LogP contribution in [0.15, 0.2) is 18.2 Å². The molecule has 0 aromatic heterocycles. The maximum atomic E-state index is 12.1. The minimum atomic E-state index is 0. The van der Waals surface area contributed by atoms with Crippen molar-refractivity contribution in [3.8, 4) is 0 Å². The molecule has 1 unspecified atom stereocenters. The van der Waals surface area contributed by atoms with Crippen LogP contribution < -0.4 is 10.6 Å². The third-order valence-corrected chi connectivity index (χ3v) is 3.93. The van der Waals surface area contributed by atoms with Gasteiger partial charge in [-0.3, -0.25) is 9.69 Å². The van der Waals surface area contributed by atoms with Crippen molar-refractivity contribution in [3.63, 3.8) is 0 Å². The van der Waals surface area contributed by atoms with E-state index in [1.807, 2.05) is 26.1 Å². The minimum absolute atomic E-state index is 0. The van der Waals surface area contributed by atoms with Crippen LogP contribution in [-0.2, 0) is 4.79 Å². The second-order valence-corrected chi connectivity index (χ2v) is 5.36. The standard InChI is InChI=1S/C15H23N3O.ClH/c1-11-5-4-6-14(12(11)2)17-15(19)10-18(3)13-7-8-16-9-13;/h4-6,13,16H,7-10H2,1-3H3,(H,17,19);1H. The van der Waals surface area contributed by atoms with E-state index in [0.29, 0.717) is 12.6 Å². The molecule has 4 nitrogen and oxygen atoms in total. The SMILES string of the molecule is Cc1cccc(NC(=O)CN(C)C2CCNC2)c1C.Cl. The van der Waals surface area contributed by atoms with Gasteiger partial charge in [-0.05, 0) is 51.1 Å². The number of hydrogen-bond donors (Lipinski definition) is 2. The van der Waals surface area contributed by atoms with E-state index in [9.17, 15) is 4.79 Å². The number of hydrogen-bond acceptors (Lipinski definition) is 3. The normalized spacial score (nSPS) is 17.9. The zero-order valence-electron chi connectivity index (χ0n) is 12.4. The highest BCUT2D eigenvalue weighted by Crippen LogP contribution is 2.18. The lowest BCUT2D eigenvalue weighted by atomic mass is 10.1. The summed E-state index contributed by atoms with van der Waals surface area (Å²) in [5.41, 5.74) is 3.26. The van der Waals surface area contributed by atoms with E-state index in [4.69, 9.17) is 0 Å². The molecular weight excluding hydrogens is 274 g/mol. The van der Waals surface area contributed by atoms with Crippen molar-refractivity contribution < 1.29 is 4.79 Å². The average Bonchev–Trinajstić information content (AvgIpc) is 2.88. The van der Waals surface area contributed by atoms with Crippen molar-refractivity contribution in [3.05, 3.63) is 29.3 Å². The molecular formula is C15H24ClN3O. The minimum Gasteiger partial charge on any atom is -0.325 e. The first-order valence-electron chi connectivity index (χ1n) is 6.85. The van der Waals surface area contributed by atoms with Crippen molar-refractivity contribution in [2.24, 2.45) is 0 Å². The molecule has 1 aromatic rings. The van der Waals surface area contributed by atoms with E-state index in [1.165, 1.54) is 5.56 Å². The number of nitrogens with zero attached hydrogens (tertiary/aromatic N) is 1. The second-order valence-electron chi connectivity index (χ2n) is 5.36. The van der Waals surface area contributed by atoms with Gasteiger partial charge in [0, 0.05) is 18.3 Å². The molecule has 1 atom stereocenters. The molecule has 1 aliphatic heterocycles. The van der Waals surface area contributed by atoms with Crippen LogP contribution in [0.3, 0.4) is 0 Å². The topological polar surface area (TPSA) is 44.4 Å². The van der Waals surface area contributed by atoms with Gasteiger partial charge in [0.1, 0.15) is 0 Å². The predicted octanol–water partition coefficient (Wildman–Crippen LogP) is 1.96. The van der Waals surface area contributed by atoms with Gasteiger partial charge < -0.3 is 10.6 Å². The lowest BCUT2D eigenvalue weighted by molar-refractivity contribution is -0.117. The molecule has 0 saturated carbocycles. The van der Waals surface area contributed by atoms with Crippen LogP contribution in [0.5, 0.6) is 0 Å².